The Hall–Kier alpha value is -2.67. The zero-order valence-electron chi connectivity index (χ0n) is 18.7. The van der Waals surface area contributed by atoms with E-state index < -0.39 is 38.3 Å². The molecule has 2 N–H and O–H groups in total. The number of halogens is 1. The first-order chi connectivity index (χ1) is 15.6. The van der Waals surface area contributed by atoms with Gasteiger partial charge >= 0.3 is 0 Å². The van der Waals surface area contributed by atoms with Crippen LogP contribution in [-0.2, 0) is 19.4 Å². The number of sulfone groups is 1. The Kier molecular flexibility index (Phi) is 5.89. The number of carbonyl (C=O) groups excluding carboxylic acids is 2. The summed E-state index contributed by atoms with van der Waals surface area (Å²) >= 11 is 0. The zero-order valence-corrected chi connectivity index (χ0v) is 19.5. The van der Waals surface area contributed by atoms with Crippen molar-refractivity contribution in [2.75, 3.05) is 37.3 Å². The summed E-state index contributed by atoms with van der Waals surface area (Å²) in [6.45, 7) is 1.67. The number of anilines is 1. The molecule has 1 heterocycles. The maximum absolute atomic E-state index is 14.3. The lowest BCUT2D eigenvalue weighted by Crippen LogP contribution is -2.58. The first-order valence-corrected chi connectivity index (χ1v) is 13.2. The van der Waals surface area contributed by atoms with Crippen LogP contribution >= 0.6 is 0 Å². The van der Waals surface area contributed by atoms with Gasteiger partial charge in [0.2, 0.25) is 11.8 Å². The van der Waals surface area contributed by atoms with Gasteiger partial charge in [-0.3, -0.25) is 9.59 Å². The van der Waals surface area contributed by atoms with Gasteiger partial charge in [0.15, 0.2) is 9.84 Å². The average Bonchev–Trinajstić information content (AvgIpc) is 3.59. The van der Waals surface area contributed by atoms with Gasteiger partial charge in [-0.05, 0) is 43.9 Å². The molecule has 0 aromatic heterocycles. The smallest absolute Gasteiger partial charge is 0.226 e. The lowest BCUT2D eigenvalue weighted by atomic mass is 9.57. The van der Waals surface area contributed by atoms with Crippen molar-refractivity contribution in [3.63, 3.8) is 0 Å². The van der Waals surface area contributed by atoms with Crippen LogP contribution in [0, 0.1) is 33.9 Å². The maximum atomic E-state index is 14.3. The van der Waals surface area contributed by atoms with Crippen molar-refractivity contribution in [3.8, 4) is 6.07 Å². The van der Waals surface area contributed by atoms with E-state index in [1.165, 1.54) is 12.1 Å². The molecule has 2 atom stereocenters. The number of nitrogens with two attached hydrogens (primary N) is 1. The van der Waals surface area contributed by atoms with Crippen molar-refractivity contribution in [1.29, 1.82) is 5.26 Å². The lowest BCUT2D eigenvalue weighted by Gasteiger charge is -2.47. The van der Waals surface area contributed by atoms with Crippen LogP contribution in [0.5, 0.6) is 0 Å². The van der Waals surface area contributed by atoms with Crippen LogP contribution in [0.4, 0.5) is 10.1 Å². The van der Waals surface area contributed by atoms with Crippen LogP contribution in [0.1, 0.15) is 38.5 Å². The molecule has 2 saturated carbocycles. The predicted molar refractivity (Wildman–Crippen MR) is 119 cm³/mol. The second-order valence-corrected chi connectivity index (χ2v) is 11.5. The predicted octanol–water partition coefficient (Wildman–Crippen LogP) is 1.84. The van der Waals surface area contributed by atoms with Gasteiger partial charge in [-0.2, -0.15) is 5.26 Å². The third kappa shape index (κ3) is 3.86. The molecule has 1 aliphatic heterocycles. The number of primary amides is 1. The van der Waals surface area contributed by atoms with Crippen LogP contribution < -0.4 is 10.6 Å². The van der Waals surface area contributed by atoms with Gasteiger partial charge in [-0.25, -0.2) is 12.8 Å². The van der Waals surface area contributed by atoms with Gasteiger partial charge in [-0.15, -0.1) is 0 Å². The lowest BCUT2D eigenvalue weighted by molar-refractivity contribution is -0.154. The van der Waals surface area contributed by atoms with Crippen molar-refractivity contribution in [2.45, 2.75) is 43.4 Å². The zero-order chi connectivity index (χ0) is 24.0. The topological polar surface area (TPSA) is 125 Å². The first kappa shape index (κ1) is 23.5. The summed E-state index contributed by atoms with van der Waals surface area (Å²) < 4.78 is 37.6. The van der Waals surface area contributed by atoms with Crippen molar-refractivity contribution < 1.29 is 22.4 Å². The number of carbonyl (C=O) groups is 2. The van der Waals surface area contributed by atoms with E-state index in [-0.39, 0.29) is 10.8 Å². The molecule has 0 spiro atoms. The number of nitriles is 1. The summed E-state index contributed by atoms with van der Waals surface area (Å²) in [5.74, 6) is -2.06. The number of nitrogens with zero attached hydrogens (tertiary/aromatic N) is 3. The molecule has 8 nitrogen and oxygen atoms in total. The summed E-state index contributed by atoms with van der Waals surface area (Å²) in [7, 11) is -3.65. The van der Waals surface area contributed by atoms with Crippen LogP contribution in [0.3, 0.4) is 0 Å². The number of amides is 2. The summed E-state index contributed by atoms with van der Waals surface area (Å²) in [5, 5.41) is 9.83. The molecule has 0 bridgehead atoms. The van der Waals surface area contributed by atoms with Crippen molar-refractivity contribution in [3.05, 3.63) is 24.0 Å². The minimum Gasteiger partial charge on any atom is -0.369 e. The molecule has 3 aliphatic rings. The minimum absolute atomic E-state index is 0.131. The third-order valence-corrected chi connectivity index (χ3v) is 8.87. The number of piperazine rings is 1. The highest BCUT2D eigenvalue weighted by Gasteiger charge is 2.68. The SMILES string of the molecule is CS(=O)(=O)c1ccc(N2CCN(C(=O)C3CCCCC3(C(N)=O)C3(C#N)CC3)CC2)cc1F. The minimum atomic E-state index is -3.65. The van der Waals surface area contributed by atoms with Gasteiger partial charge in [0, 0.05) is 38.1 Å². The van der Waals surface area contributed by atoms with E-state index in [0.29, 0.717) is 57.5 Å². The monoisotopic (exact) mass is 476 g/mol. The molecule has 3 fully saturated rings. The standard InChI is InChI=1S/C23H29FN4O4S/c1-33(31,32)19-6-5-16(14-18(19)24)27-10-12-28(13-11-27)20(29)17-4-2-3-7-23(17,21(26)30)22(15-25)8-9-22/h5-6,14,17H,2-4,7-13H2,1H3,(H2,26,30). The van der Waals surface area contributed by atoms with E-state index in [9.17, 15) is 27.7 Å². The van der Waals surface area contributed by atoms with Crippen LogP contribution in [0.2, 0.25) is 0 Å². The molecule has 2 amide bonds. The molecule has 10 heteroatoms. The summed E-state index contributed by atoms with van der Waals surface area (Å²) in [5.41, 5.74) is 4.48. The van der Waals surface area contributed by atoms with Crippen LogP contribution in [-0.4, -0.2) is 57.6 Å². The van der Waals surface area contributed by atoms with Gasteiger partial charge in [0.1, 0.15) is 10.7 Å². The Balaban J connectivity index is 1.50. The maximum Gasteiger partial charge on any atom is 0.226 e. The van der Waals surface area contributed by atoms with Gasteiger partial charge in [-0.1, -0.05) is 12.8 Å². The Morgan fingerprint density at radius 1 is 1.15 bits per heavy atom. The highest BCUT2D eigenvalue weighted by Crippen LogP contribution is 2.65. The molecule has 1 saturated heterocycles. The Morgan fingerprint density at radius 2 is 1.82 bits per heavy atom. The van der Waals surface area contributed by atoms with E-state index in [2.05, 4.69) is 6.07 Å². The molecule has 0 radical (unpaired) electrons. The van der Waals surface area contributed by atoms with Gasteiger partial charge < -0.3 is 15.5 Å². The molecular formula is C23H29FN4O4S. The van der Waals surface area contributed by atoms with Crippen molar-refractivity contribution >= 4 is 27.3 Å². The van der Waals surface area contributed by atoms with E-state index in [1.807, 2.05) is 4.90 Å². The highest BCUT2D eigenvalue weighted by molar-refractivity contribution is 7.90. The quantitative estimate of drug-likeness (QED) is 0.691. The molecular weight excluding hydrogens is 447 g/mol. The van der Waals surface area contributed by atoms with Crippen molar-refractivity contribution in [1.82, 2.24) is 4.90 Å². The molecule has 2 aliphatic carbocycles. The molecule has 1 aromatic carbocycles. The van der Waals surface area contributed by atoms with Crippen molar-refractivity contribution in [2.24, 2.45) is 22.5 Å². The molecule has 2 unspecified atom stereocenters. The fourth-order valence-corrected chi connectivity index (χ4v) is 6.51. The highest BCUT2D eigenvalue weighted by atomic mass is 32.2. The number of rotatable bonds is 5. The van der Waals surface area contributed by atoms with E-state index in [4.69, 9.17) is 5.73 Å². The van der Waals surface area contributed by atoms with E-state index >= 15 is 0 Å². The number of hydrogen-bond acceptors (Lipinski definition) is 6. The molecule has 4 rings (SSSR count). The fourth-order valence-electron chi connectivity index (χ4n) is 5.79. The Labute approximate surface area is 193 Å². The molecule has 1 aromatic rings. The second-order valence-electron chi connectivity index (χ2n) is 9.53. The number of benzene rings is 1. The van der Waals surface area contributed by atoms with E-state index in [0.717, 1.165) is 19.1 Å². The molecule has 178 valence electrons. The second kappa shape index (κ2) is 8.28. The fraction of sp³-hybridized carbons (Fsp3) is 0.609. The van der Waals surface area contributed by atoms with Crippen LogP contribution in [0.15, 0.2) is 23.1 Å². The number of hydrogen-bond donors (Lipinski definition) is 1. The first-order valence-electron chi connectivity index (χ1n) is 11.3. The molecule has 33 heavy (non-hydrogen) atoms. The summed E-state index contributed by atoms with van der Waals surface area (Å²) in [4.78, 5) is 29.6. The van der Waals surface area contributed by atoms with Gasteiger partial charge in [0.05, 0.1) is 22.8 Å². The Morgan fingerprint density at radius 3 is 2.33 bits per heavy atom. The summed E-state index contributed by atoms with van der Waals surface area (Å²) in [6, 6.07) is 6.36. The average molecular weight is 477 g/mol. The van der Waals surface area contributed by atoms with Crippen LogP contribution in [0.25, 0.3) is 0 Å². The normalized spacial score (nSPS) is 27.0. The summed E-state index contributed by atoms with van der Waals surface area (Å²) in [6.07, 6.45) is 4.77. The van der Waals surface area contributed by atoms with Gasteiger partial charge in [0.25, 0.3) is 0 Å². The third-order valence-electron chi connectivity index (χ3n) is 7.74. The Bertz CT molecular complexity index is 1120. The van der Waals surface area contributed by atoms with E-state index in [1.54, 1.807) is 11.0 Å². The largest absolute Gasteiger partial charge is 0.369 e.